The van der Waals surface area contributed by atoms with E-state index >= 15 is 0 Å². The van der Waals surface area contributed by atoms with E-state index in [0.717, 1.165) is 12.8 Å². The van der Waals surface area contributed by atoms with E-state index in [1.165, 1.54) is 64.2 Å². The lowest BCUT2D eigenvalue weighted by Gasteiger charge is -2.32. The van der Waals surface area contributed by atoms with Gasteiger partial charge in [-0.05, 0) is 51.5 Å². The zero-order valence-electron chi connectivity index (χ0n) is 25.0. The van der Waals surface area contributed by atoms with Gasteiger partial charge in [-0.25, -0.2) is 4.79 Å². The summed E-state index contributed by atoms with van der Waals surface area (Å²) < 4.78 is 5.39. The number of amides is 2. The molecule has 1 aromatic carbocycles. The molecule has 0 aliphatic carbocycles. The Bertz CT molecular complexity index is 934. The first-order valence-electron chi connectivity index (χ1n) is 15.0. The van der Waals surface area contributed by atoms with E-state index < -0.39 is 11.6 Å². The van der Waals surface area contributed by atoms with Crippen molar-refractivity contribution in [3.63, 3.8) is 0 Å². The maximum atomic E-state index is 13.1. The molecule has 39 heavy (non-hydrogen) atoms. The molecule has 1 aliphatic rings. The topological polar surface area (TPSA) is 79.0 Å². The molecule has 0 unspecified atom stereocenters. The van der Waals surface area contributed by atoms with Crippen molar-refractivity contribution in [3.8, 4) is 0 Å². The maximum absolute atomic E-state index is 13.1. The minimum absolute atomic E-state index is 0.154. The van der Waals surface area contributed by atoms with Crippen LogP contribution in [0.2, 0.25) is 0 Å². The van der Waals surface area contributed by atoms with Crippen LogP contribution in [-0.4, -0.2) is 59.9 Å². The Kier molecular flexibility index (Phi) is 14.1. The predicted molar refractivity (Wildman–Crippen MR) is 157 cm³/mol. The van der Waals surface area contributed by atoms with E-state index in [0.29, 0.717) is 36.5 Å². The molecule has 0 saturated heterocycles. The summed E-state index contributed by atoms with van der Waals surface area (Å²) in [6.07, 6.45) is 17.0. The van der Waals surface area contributed by atoms with Crippen molar-refractivity contribution in [2.75, 3.05) is 26.7 Å². The Morgan fingerprint density at radius 2 is 1.31 bits per heavy atom. The largest absolute Gasteiger partial charge is 0.456 e. The summed E-state index contributed by atoms with van der Waals surface area (Å²) in [4.78, 5) is 41.6. The van der Waals surface area contributed by atoms with Crippen LogP contribution in [0.1, 0.15) is 125 Å². The highest BCUT2D eigenvalue weighted by molar-refractivity contribution is 5.98. The van der Waals surface area contributed by atoms with Crippen molar-refractivity contribution in [2.24, 2.45) is 0 Å². The molecule has 2 rings (SSSR count). The van der Waals surface area contributed by atoms with Gasteiger partial charge >= 0.3 is 5.97 Å². The van der Waals surface area contributed by atoms with E-state index in [4.69, 9.17) is 4.74 Å². The van der Waals surface area contributed by atoms with Gasteiger partial charge < -0.3 is 19.9 Å². The summed E-state index contributed by atoms with van der Waals surface area (Å²) in [5, 5.41) is 3.02. The third kappa shape index (κ3) is 12.3. The molecule has 0 saturated carbocycles. The van der Waals surface area contributed by atoms with E-state index in [1.54, 1.807) is 35.4 Å². The van der Waals surface area contributed by atoms with Gasteiger partial charge in [0.15, 0.2) is 0 Å². The summed E-state index contributed by atoms with van der Waals surface area (Å²) in [7, 11) is 1.87. The molecule has 7 nitrogen and oxygen atoms in total. The first kappa shape index (κ1) is 32.4. The summed E-state index contributed by atoms with van der Waals surface area (Å²) >= 11 is 0. The van der Waals surface area contributed by atoms with Crippen LogP contribution in [-0.2, 0) is 9.53 Å². The minimum Gasteiger partial charge on any atom is -0.456 e. The van der Waals surface area contributed by atoms with Crippen molar-refractivity contribution in [1.82, 2.24) is 15.1 Å². The number of hydrogen-bond donors (Lipinski definition) is 1. The van der Waals surface area contributed by atoms with Crippen LogP contribution in [0.15, 0.2) is 36.2 Å². The molecule has 218 valence electrons. The third-order valence-electron chi connectivity index (χ3n) is 6.94. The Labute approximate surface area is 236 Å². The van der Waals surface area contributed by atoms with Crippen LogP contribution in [0.5, 0.6) is 0 Å². The molecule has 0 spiro atoms. The highest BCUT2D eigenvalue weighted by atomic mass is 16.6. The third-order valence-corrected chi connectivity index (χ3v) is 6.94. The van der Waals surface area contributed by atoms with Crippen LogP contribution in [0.4, 0.5) is 0 Å². The highest BCUT2D eigenvalue weighted by Crippen LogP contribution is 2.17. The number of nitrogens with one attached hydrogen (secondary N) is 1. The van der Waals surface area contributed by atoms with E-state index in [9.17, 15) is 14.4 Å². The Hall–Kier alpha value is -2.83. The van der Waals surface area contributed by atoms with Crippen molar-refractivity contribution >= 4 is 17.8 Å². The molecule has 0 atom stereocenters. The molecular formula is C32H51N3O4. The lowest BCUT2D eigenvalue weighted by molar-refractivity contribution is -0.119. The summed E-state index contributed by atoms with van der Waals surface area (Å²) in [5.41, 5.74) is 0.756. The second kappa shape index (κ2) is 17.0. The number of hydrogen-bond acceptors (Lipinski definition) is 5. The van der Waals surface area contributed by atoms with Crippen LogP contribution < -0.4 is 5.32 Å². The molecule has 0 fully saturated rings. The normalized spacial score (nSPS) is 13.7. The Morgan fingerprint density at radius 1 is 0.795 bits per heavy atom. The van der Waals surface area contributed by atoms with Crippen LogP contribution >= 0.6 is 0 Å². The molecule has 1 N–H and O–H groups in total. The minimum atomic E-state index is -0.583. The smallest absolute Gasteiger partial charge is 0.338 e. The zero-order chi connectivity index (χ0) is 28.7. The Balaban J connectivity index is 1.73. The fourth-order valence-electron chi connectivity index (χ4n) is 4.59. The van der Waals surface area contributed by atoms with Gasteiger partial charge in [0.1, 0.15) is 11.3 Å². The quantitative estimate of drug-likeness (QED) is 0.186. The van der Waals surface area contributed by atoms with Crippen molar-refractivity contribution in [1.29, 1.82) is 0 Å². The average molecular weight is 542 g/mol. The number of esters is 1. The predicted octanol–water partition coefficient (Wildman–Crippen LogP) is 6.69. The number of unbranched alkanes of at least 4 members (excludes halogenated alkanes) is 11. The Morgan fingerprint density at radius 3 is 1.85 bits per heavy atom. The van der Waals surface area contributed by atoms with Gasteiger partial charge in [0, 0.05) is 38.4 Å². The molecule has 1 aliphatic heterocycles. The van der Waals surface area contributed by atoms with Crippen LogP contribution in [0.25, 0.3) is 0 Å². The second-order valence-electron chi connectivity index (χ2n) is 11.7. The molecule has 7 heteroatoms. The maximum Gasteiger partial charge on any atom is 0.338 e. The van der Waals surface area contributed by atoms with Gasteiger partial charge in [-0.3, -0.25) is 9.59 Å². The fraction of sp³-hybridized carbons (Fsp3) is 0.656. The monoisotopic (exact) mass is 541 g/mol. The zero-order valence-corrected chi connectivity index (χ0v) is 25.0. The average Bonchev–Trinajstić information content (AvgIpc) is 2.90. The van der Waals surface area contributed by atoms with E-state index in [1.807, 2.05) is 32.7 Å². The van der Waals surface area contributed by atoms with Gasteiger partial charge in [0.25, 0.3) is 11.8 Å². The lowest BCUT2D eigenvalue weighted by Crippen LogP contribution is -2.44. The van der Waals surface area contributed by atoms with Crippen molar-refractivity contribution in [2.45, 2.75) is 110 Å². The summed E-state index contributed by atoms with van der Waals surface area (Å²) in [6.45, 7) is 9.39. The number of carbonyl (C=O) groups is 3. The second-order valence-corrected chi connectivity index (χ2v) is 11.7. The van der Waals surface area contributed by atoms with Gasteiger partial charge in [-0.15, -0.1) is 0 Å². The van der Waals surface area contributed by atoms with Gasteiger partial charge in [0.05, 0.1) is 5.56 Å². The van der Waals surface area contributed by atoms with E-state index in [-0.39, 0.29) is 11.8 Å². The van der Waals surface area contributed by atoms with Gasteiger partial charge in [-0.1, -0.05) is 77.6 Å². The molecular weight excluding hydrogens is 490 g/mol. The first-order chi connectivity index (χ1) is 18.6. The fourth-order valence-corrected chi connectivity index (χ4v) is 4.59. The van der Waals surface area contributed by atoms with Crippen LogP contribution in [0.3, 0.4) is 0 Å². The molecule has 1 aromatic rings. The summed E-state index contributed by atoms with van der Waals surface area (Å²) in [5.74, 6) is -0.781. The molecule has 0 bridgehead atoms. The highest BCUT2D eigenvalue weighted by Gasteiger charge is 2.25. The molecule has 1 heterocycles. The SMILES string of the molecule is CCCCCCCCCCCCCCNC(=O)C1=CN(C(=O)c2ccc(C(=O)OC(C)(C)C)cc2)CCN1C. The lowest BCUT2D eigenvalue weighted by atomic mass is 10.1. The standard InChI is InChI=1S/C32H51N3O4/c1-6-7-8-9-10-11-12-13-14-15-16-17-22-33-29(36)28-25-35(24-23-34(28)5)30(37)26-18-20-27(21-19-26)31(38)39-32(2,3)4/h18-21,25H,6-17,22-24H2,1-5H3,(H,33,36). The number of carbonyl (C=O) groups excluding carboxylic acids is 3. The van der Waals surface area contributed by atoms with E-state index in [2.05, 4.69) is 12.2 Å². The number of likely N-dealkylation sites (N-methyl/N-ethyl adjacent to an activating group) is 1. The van der Waals surface area contributed by atoms with Crippen LogP contribution in [0, 0.1) is 0 Å². The molecule has 2 amide bonds. The molecule has 0 aromatic heterocycles. The first-order valence-corrected chi connectivity index (χ1v) is 15.0. The number of nitrogens with zero attached hydrogens (tertiary/aromatic N) is 2. The summed E-state index contributed by atoms with van der Waals surface area (Å²) in [6, 6.07) is 6.45. The van der Waals surface area contributed by atoms with Gasteiger partial charge in [-0.2, -0.15) is 0 Å². The number of benzene rings is 1. The van der Waals surface area contributed by atoms with Crippen molar-refractivity contribution in [3.05, 3.63) is 47.3 Å². The number of ether oxygens (including phenoxy) is 1. The molecule has 0 radical (unpaired) electrons. The van der Waals surface area contributed by atoms with Crippen molar-refractivity contribution < 1.29 is 19.1 Å². The van der Waals surface area contributed by atoms with Gasteiger partial charge in [0.2, 0.25) is 0 Å². The number of rotatable bonds is 16.